The van der Waals surface area contributed by atoms with Crippen LogP contribution in [0.5, 0.6) is 0 Å². The third-order valence-electron chi connectivity index (χ3n) is 1.10. The van der Waals surface area contributed by atoms with E-state index in [1.165, 1.54) is 0 Å². The summed E-state index contributed by atoms with van der Waals surface area (Å²) < 4.78 is 12.6. The summed E-state index contributed by atoms with van der Waals surface area (Å²) in [6, 6.07) is 0. The summed E-state index contributed by atoms with van der Waals surface area (Å²) in [4.78, 5) is 7.46. The van der Waals surface area contributed by atoms with Gasteiger partial charge in [-0.25, -0.2) is 14.4 Å². The largest absolute Gasteiger partial charge is 0.371 e. The van der Waals surface area contributed by atoms with Crippen molar-refractivity contribution in [2.45, 2.75) is 20.8 Å². The third-order valence-corrected chi connectivity index (χ3v) is 1.10. The van der Waals surface area contributed by atoms with Crippen LogP contribution >= 0.6 is 0 Å². The Labute approximate surface area is 72.1 Å². The fourth-order valence-corrected chi connectivity index (χ4v) is 0.631. The maximum absolute atomic E-state index is 12.6. The minimum Gasteiger partial charge on any atom is -0.371 e. The Kier molecular flexibility index (Phi) is 4.92. The topological polar surface area (TPSA) is 37.8 Å². The van der Waals surface area contributed by atoms with E-state index in [0.29, 0.717) is 5.82 Å². The van der Waals surface area contributed by atoms with E-state index in [1.54, 1.807) is 14.0 Å². The number of nitrogens with one attached hydrogen (secondary N) is 1. The van der Waals surface area contributed by atoms with Gasteiger partial charge in [0.25, 0.3) is 0 Å². The normalized spacial score (nSPS) is 8.42. The highest BCUT2D eigenvalue weighted by atomic mass is 19.1. The summed E-state index contributed by atoms with van der Waals surface area (Å²) in [5, 5.41) is 2.61. The van der Waals surface area contributed by atoms with Crippen molar-refractivity contribution in [1.29, 1.82) is 0 Å². The number of hydrogen-bond acceptors (Lipinski definition) is 3. The van der Waals surface area contributed by atoms with Crippen molar-refractivity contribution in [1.82, 2.24) is 9.97 Å². The smallest absolute Gasteiger partial charge is 0.183 e. The van der Waals surface area contributed by atoms with Gasteiger partial charge in [0.2, 0.25) is 0 Å². The molecule has 3 nitrogen and oxygen atoms in total. The first-order valence-corrected chi connectivity index (χ1v) is 3.91. The van der Waals surface area contributed by atoms with Gasteiger partial charge in [0.05, 0.1) is 6.20 Å². The second-order valence-corrected chi connectivity index (χ2v) is 1.86. The number of nitrogens with zero attached hydrogens (tertiary/aromatic N) is 2. The lowest BCUT2D eigenvalue weighted by Gasteiger charge is -1.99. The van der Waals surface area contributed by atoms with E-state index in [1.807, 2.05) is 13.8 Å². The first-order valence-electron chi connectivity index (χ1n) is 3.91. The van der Waals surface area contributed by atoms with Crippen LogP contribution in [0.2, 0.25) is 0 Å². The summed E-state index contributed by atoms with van der Waals surface area (Å²) in [7, 11) is 1.62. The summed E-state index contributed by atoms with van der Waals surface area (Å²) in [5.74, 6) is 0.381. The molecule has 1 aromatic rings. The summed E-state index contributed by atoms with van der Waals surface area (Å²) in [6.07, 6.45) is 1.15. The predicted molar refractivity (Wildman–Crippen MR) is 47.6 cm³/mol. The Balaban J connectivity index is 0.000000561. The molecule has 1 rings (SSSR count). The zero-order chi connectivity index (χ0) is 9.56. The second-order valence-electron chi connectivity index (χ2n) is 1.86. The molecule has 0 radical (unpaired) electrons. The monoisotopic (exact) mass is 171 g/mol. The molecule has 4 heteroatoms. The van der Waals surface area contributed by atoms with Crippen LogP contribution in [-0.2, 0) is 0 Å². The highest BCUT2D eigenvalue weighted by Crippen LogP contribution is 2.06. The molecule has 0 aliphatic heterocycles. The van der Waals surface area contributed by atoms with Gasteiger partial charge < -0.3 is 5.32 Å². The van der Waals surface area contributed by atoms with Crippen LogP contribution in [-0.4, -0.2) is 17.0 Å². The maximum Gasteiger partial charge on any atom is 0.183 e. The Morgan fingerprint density at radius 2 is 2.00 bits per heavy atom. The van der Waals surface area contributed by atoms with Crippen LogP contribution in [0.15, 0.2) is 6.20 Å². The van der Waals surface area contributed by atoms with Crippen LogP contribution < -0.4 is 5.32 Å². The molecule has 0 saturated carbocycles. The second kappa shape index (κ2) is 5.46. The van der Waals surface area contributed by atoms with E-state index in [-0.39, 0.29) is 5.82 Å². The molecule has 0 fully saturated rings. The van der Waals surface area contributed by atoms with Crippen molar-refractivity contribution in [3.05, 3.63) is 17.8 Å². The van der Waals surface area contributed by atoms with Crippen LogP contribution in [0.4, 0.5) is 10.2 Å². The number of rotatable bonds is 1. The van der Waals surface area contributed by atoms with E-state index in [9.17, 15) is 4.39 Å². The van der Waals surface area contributed by atoms with Crippen molar-refractivity contribution in [2.75, 3.05) is 12.4 Å². The molecule has 1 N–H and O–H groups in total. The summed E-state index contributed by atoms with van der Waals surface area (Å²) in [5.41, 5.74) is 0. The molecule has 68 valence electrons. The Morgan fingerprint density at radius 1 is 1.42 bits per heavy atom. The molecule has 0 aliphatic carbocycles. The molecule has 0 spiro atoms. The number of anilines is 1. The van der Waals surface area contributed by atoms with Crippen molar-refractivity contribution >= 4 is 5.82 Å². The van der Waals surface area contributed by atoms with E-state index >= 15 is 0 Å². The molecule has 0 saturated heterocycles. The fourth-order valence-electron chi connectivity index (χ4n) is 0.631. The van der Waals surface area contributed by atoms with Gasteiger partial charge in [-0.1, -0.05) is 13.8 Å². The molecule has 0 atom stereocenters. The van der Waals surface area contributed by atoms with Gasteiger partial charge in [0, 0.05) is 7.05 Å². The van der Waals surface area contributed by atoms with Crippen molar-refractivity contribution in [3.63, 3.8) is 0 Å². The van der Waals surface area contributed by atoms with Crippen LogP contribution in [0.25, 0.3) is 0 Å². The summed E-state index contributed by atoms with van der Waals surface area (Å²) >= 11 is 0. The van der Waals surface area contributed by atoms with Crippen molar-refractivity contribution in [2.24, 2.45) is 0 Å². The highest BCUT2D eigenvalue weighted by molar-refractivity contribution is 5.33. The molecular weight excluding hydrogens is 157 g/mol. The van der Waals surface area contributed by atoms with E-state index in [0.717, 1.165) is 6.20 Å². The molecule has 12 heavy (non-hydrogen) atoms. The van der Waals surface area contributed by atoms with Gasteiger partial charge in [-0.2, -0.15) is 0 Å². The zero-order valence-electron chi connectivity index (χ0n) is 7.85. The van der Waals surface area contributed by atoms with Gasteiger partial charge in [0.1, 0.15) is 5.82 Å². The van der Waals surface area contributed by atoms with E-state index < -0.39 is 5.82 Å². The van der Waals surface area contributed by atoms with Crippen LogP contribution in [0.3, 0.4) is 0 Å². The third kappa shape index (κ3) is 2.82. The Hall–Kier alpha value is -1.19. The molecule has 1 aromatic heterocycles. The maximum atomic E-state index is 12.6. The summed E-state index contributed by atoms with van der Waals surface area (Å²) in [6.45, 7) is 5.71. The van der Waals surface area contributed by atoms with Gasteiger partial charge in [-0.3, -0.25) is 0 Å². The van der Waals surface area contributed by atoms with Gasteiger partial charge in [-0.05, 0) is 6.92 Å². The van der Waals surface area contributed by atoms with Gasteiger partial charge in [-0.15, -0.1) is 0 Å². The van der Waals surface area contributed by atoms with Crippen molar-refractivity contribution < 1.29 is 4.39 Å². The SMILES string of the molecule is CC.CNc1nc(C)ncc1F. The standard InChI is InChI=1S/C6H8FN3.C2H6/c1-4-9-3-5(7)6(8-2)10-4;1-2/h3H,1-2H3,(H,8,9,10);1-2H3. The lowest BCUT2D eigenvalue weighted by atomic mass is 10.5. The zero-order valence-corrected chi connectivity index (χ0v) is 7.85. The minimum atomic E-state index is -0.423. The minimum absolute atomic E-state index is 0.243. The Morgan fingerprint density at radius 3 is 2.42 bits per heavy atom. The van der Waals surface area contributed by atoms with E-state index in [2.05, 4.69) is 15.3 Å². The molecule has 0 aliphatic rings. The average Bonchev–Trinajstić information content (AvgIpc) is 2.13. The number of aryl methyl sites for hydroxylation is 1. The lowest BCUT2D eigenvalue weighted by molar-refractivity contribution is 0.616. The molecular formula is C8H14FN3. The number of halogens is 1. The first kappa shape index (κ1) is 10.8. The molecule has 0 amide bonds. The van der Waals surface area contributed by atoms with Crippen molar-refractivity contribution in [3.8, 4) is 0 Å². The average molecular weight is 171 g/mol. The van der Waals surface area contributed by atoms with Crippen LogP contribution in [0, 0.1) is 12.7 Å². The van der Waals surface area contributed by atoms with Crippen LogP contribution in [0.1, 0.15) is 19.7 Å². The quantitative estimate of drug-likeness (QED) is 0.702. The lowest BCUT2D eigenvalue weighted by Crippen LogP contribution is -1.99. The molecule has 0 aromatic carbocycles. The van der Waals surface area contributed by atoms with Gasteiger partial charge in [0.15, 0.2) is 11.6 Å². The first-order chi connectivity index (χ1) is 5.74. The Bertz CT molecular complexity index is 238. The molecule has 1 heterocycles. The molecule has 0 unspecified atom stereocenters. The number of aromatic nitrogens is 2. The highest BCUT2D eigenvalue weighted by Gasteiger charge is 2.00. The molecule has 0 bridgehead atoms. The van der Waals surface area contributed by atoms with E-state index in [4.69, 9.17) is 0 Å². The predicted octanol–water partition coefficient (Wildman–Crippen LogP) is 1.99. The van der Waals surface area contributed by atoms with Gasteiger partial charge >= 0.3 is 0 Å². The fraction of sp³-hybridized carbons (Fsp3) is 0.500. The number of hydrogen-bond donors (Lipinski definition) is 1.